The molecule has 2 fully saturated rings. The first-order valence-corrected chi connectivity index (χ1v) is 15.8. The van der Waals surface area contributed by atoms with Crippen LogP contribution in [0.15, 0.2) is 23.8 Å². The minimum Gasteiger partial charge on any atom is -0.444 e. The maximum absolute atomic E-state index is 12.4. The zero-order chi connectivity index (χ0) is 25.7. The number of alkyl carbamates (subject to hydrolysis) is 1. The molecule has 34 heavy (non-hydrogen) atoms. The molecule has 192 valence electrons. The fraction of sp³-hybridized carbons (Fsp3) is 0.741. The molecule has 0 aromatic heterocycles. The summed E-state index contributed by atoms with van der Waals surface area (Å²) in [6, 6.07) is -0.307. The van der Waals surface area contributed by atoms with Crippen LogP contribution in [0.4, 0.5) is 4.79 Å². The van der Waals surface area contributed by atoms with E-state index in [0.717, 1.165) is 24.8 Å². The fourth-order valence-electron chi connectivity index (χ4n) is 4.04. The van der Waals surface area contributed by atoms with Crippen molar-refractivity contribution in [1.82, 2.24) is 5.32 Å². The van der Waals surface area contributed by atoms with Crippen molar-refractivity contribution in [1.29, 1.82) is 0 Å². The van der Waals surface area contributed by atoms with Crippen LogP contribution in [0.3, 0.4) is 0 Å². The van der Waals surface area contributed by atoms with Crippen LogP contribution in [0.1, 0.15) is 67.2 Å². The molecular formula is C27H45NO5Si. The summed E-state index contributed by atoms with van der Waals surface area (Å²) in [4.78, 5) is 12.4. The SMILES string of the molecule is C=C1C[C@H](CC#C[Si](C)(C)C)O[C@H](/C=C(\C)C[C@@H]2OC(C)(C)OC[C@@H]2NC(=O)OC(C)(C)C)C1. The van der Waals surface area contributed by atoms with E-state index in [1.807, 2.05) is 34.6 Å². The molecule has 2 aliphatic rings. The molecule has 0 aromatic rings. The Labute approximate surface area is 207 Å². The first-order chi connectivity index (χ1) is 15.5. The largest absolute Gasteiger partial charge is 0.444 e. The maximum Gasteiger partial charge on any atom is 0.408 e. The van der Waals surface area contributed by atoms with E-state index in [0.29, 0.717) is 13.0 Å². The Morgan fingerprint density at radius 3 is 2.59 bits per heavy atom. The standard InChI is InChI=1S/C27H45NO5Si/c1-19-14-21(12-11-13-34(8,9)10)31-22(15-19)16-20(2)17-24-23(18-30-27(6,7)32-24)28-25(29)33-26(3,4)5/h16,21-24H,1,12,14-15,17-18H2,2-10H3,(H,28,29)/b20-16+/t21-,22-,23-,24-/m0/s1. The van der Waals surface area contributed by atoms with Crippen LogP contribution in [-0.4, -0.2) is 56.5 Å². The van der Waals surface area contributed by atoms with E-state index in [4.69, 9.17) is 18.9 Å². The lowest BCUT2D eigenvalue weighted by Gasteiger charge is -2.41. The van der Waals surface area contributed by atoms with Gasteiger partial charge in [0.25, 0.3) is 0 Å². The molecule has 0 saturated carbocycles. The smallest absolute Gasteiger partial charge is 0.408 e. The van der Waals surface area contributed by atoms with E-state index < -0.39 is 25.6 Å². The lowest BCUT2D eigenvalue weighted by molar-refractivity contribution is -0.281. The lowest BCUT2D eigenvalue weighted by Crippen LogP contribution is -2.56. The fourth-order valence-corrected chi connectivity index (χ4v) is 4.67. The Morgan fingerprint density at radius 2 is 1.97 bits per heavy atom. The third-order valence-corrected chi connectivity index (χ3v) is 6.28. The van der Waals surface area contributed by atoms with Crippen LogP contribution in [0.25, 0.3) is 0 Å². The van der Waals surface area contributed by atoms with Crippen LogP contribution in [0.2, 0.25) is 19.6 Å². The predicted octanol–water partition coefficient (Wildman–Crippen LogP) is 5.74. The summed E-state index contributed by atoms with van der Waals surface area (Å²) < 4.78 is 23.8. The van der Waals surface area contributed by atoms with Gasteiger partial charge in [-0.25, -0.2) is 4.79 Å². The summed E-state index contributed by atoms with van der Waals surface area (Å²) in [5.41, 5.74) is 5.20. The van der Waals surface area contributed by atoms with Gasteiger partial charge in [0.05, 0.1) is 31.0 Å². The molecule has 0 aromatic carbocycles. The van der Waals surface area contributed by atoms with Crippen molar-refractivity contribution in [2.24, 2.45) is 0 Å². The van der Waals surface area contributed by atoms with Crippen molar-refractivity contribution in [3.8, 4) is 11.5 Å². The summed E-state index contributed by atoms with van der Waals surface area (Å²) in [7, 11) is -1.38. The van der Waals surface area contributed by atoms with Gasteiger partial charge in [0.15, 0.2) is 5.79 Å². The molecule has 1 N–H and O–H groups in total. The average molecular weight is 492 g/mol. The van der Waals surface area contributed by atoms with E-state index in [2.05, 4.69) is 56.0 Å². The topological polar surface area (TPSA) is 66.0 Å². The van der Waals surface area contributed by atoms with Gasteiger partial charge in [0, 0.05) is 6.42 Å². The monoisotopic (exact) mass is 491 g/mol. The molecule has 4 atom stereocenters. The van der Waals surface area contributed by atoms with Gasteiger partial charge in [0.2, 0.25) is 0 Å². The second-order valence-corrected chi connectivity index (χ2v) is 16.8. The van der Waals surface area contributed by atoms with Crippen molar-refractivity contribution < 1.29 is 23.7 Å². The van der Waals surface area contributed by atoms with Crippen molar-refractivity contribution in [3.05, 3.63) is 23.8 Å². The Hall–Kier alpha value is -1.59. The van der Waals surface area contributed by atoms with Crippen LogP contribution < -0.4 is 5.32 Å². The van der Waals surface area contributed by atoms with E-state index in [-0.39, 0.29) is 24.4 Å². The Morgan fingerprint density at radius 1 is 1.29 bits per heavy atom. The summed E-state index contributed by atoms with van der Waals surface area (Å²) in [6.45, 7) is 22.7. The highest BCUT2D eigenvalue weighted by molar-refractivity contribution is 6.83. The van der Waals surface area contributed by atoms with Crippen LogP contribution >= 0.6 is 0 Å². The third-order valence-electron chi connectivity index (χ3n) is 5.36. The molecule has 0 bridgehead atoms. The average Bonchev–Trinajstić information content (AvgIpc) is 2.60. The van der Waals surface area contributed by atoms with E-state index >= 15 is 0 Å². The number of nitrogens with one attached hydrogen (secondary N) is 1. The molecule has 2 aliphatic heterocycles. The minimum absolute atomic E-state index is 0.0231. The molecule has 0 radical (unpaired) electrons. The van der Waals surface area contributed by atoms with Gasteiger partial charge >= 0.3 is 6.09 Å². The molecule has 2 rings (SSSR count). The van der Waals surface area contributed by atoms with Gasteiger partial charge in [-0.1, -0.05) is 43.4 Å². The molecule has 7 heteroatoms. The van der Waals surface area contributed by atoms with Crippen LogP contribution in [0.5, 0.6) is 0 Å². The van der Waals surface area contributed by atoms with Gasteiger partial charge in [-0.05, 0) is 60.8 Å². The van der Waals surface area contributed by atoms with Crippen molar-refractivity contribution in [3.63, 3.8) is 0 Å². The third kappa shape index (κ3) is 10.8. The van der Waals surface area contributed by atoms with Crippen molar-refractivity contribution in [2.45, 2.75) is 123 Å². The lowest BCUT2D eigenvalue weighted by atomic mass is 9.95. The number of rotatable bonds is 5. The second kappa shape index (κ2) is 11.4. The number of carbonyl (C=O) groups is 1. The summed E-state index contributed by atoms with van der Waals surface area (Å²) in [6.07, 6.45) is 4.59. The van der Waals surface area contributed by atoms with Gasteiger partial charge < -0.3 is 24.3 Å². The molecular weight excluding hydrogens is 446 g/mol. The molecule has 1 amide bonds. The van der Waals surface area contributed by atoms with E-state index in [1.165, 1.54) is 5.57 Å². The van der Waals surface area contributed by atoms with E-state index in [1.54, 1.807) is 0 Å². The molecule has 0 unspecified atom stereocenters. The highest BCUT2D eigenvalue weighted by Gasteiger charge is 2.38. The number of hydrogen-bond acceptors (Lipinski definition) is 5. The highest BCUT2D eigenvalue weighted by Crippen LogP contribution is 2.29. The summed E-state index contributed by atoms with van der Waals surface area (Å²) >= 11 is 0. The van der Waals surface area contributed by atoms with E-state index in [9.17, 15) is 4.79 Å². The normalized spacial score (nSPS) is 28.0. The van der Waals surface area contributed by atoms with Gasteiger partial charge in [-0.15, -0.1) is 11.5 Å². The minimum atomic E-state index is -1.38. The number of amides is 1. The molecule has 6 nitrogen and oxygen atoms in total. The zero-order valence-corrected chi connectivity index (χ0v) is 23.7. The first-order valence-electron chi connectivity index (χ1n) is 12.3. The Bertz CT molecular complexity index is 825. The quantitative estimate of drug-likeness (QED) is 0.302. The maximum atomic E-state index is 12.4. The molecule has 2 saturated heterocycles. The van der Waals surface area contributed by atoms with Gasteiger partial charge in [-0.2, -0.15) is 0 Å². The van der Waals surface area contributed by atoms with Crippen molar-refractivity contribution >= 4 is 14.2 Å². The second-order valence-electron chi connectivity index (χ2n) is 12.0. The Balaban J connectivity index is 2.04. The van der Waals surface area contributed by atoms with Gasteiger partial charge in [-0.3, -0.25) is 0 Å². The van der Waals surface area contributed by atoms with Crippen LogP contribution in [-0.2, 0) is 18.9 Å². The van der Waals surface area contributed by atoms with Crippen LogP contribution in [0, 0.1) is 11.5 Å². The van der Waals surface area contributed by atoms with Crippen molar-refractivity contribution in [2.75, 3.05) is 6.61 Å². The molecule has 0 spiro atoms. The van der Waals surface area contributed by atoms with Gasteiger partial charge in [0.1, 0.15) is 13.7 Å². The Kier molecular flexibility index (Phi) is 9.63. The molecule has 0 aliphatic carbocycles. The summed E-state index contributed by atoms with van der Waals surface area (Å²) in [5, 5.41) is 2.93. The summed E-state index contributed by atoms with van der Waals surface area (Å²) in [5.74, 6) is 2.63. The molecule has 2 heterocycles. The number of ether oxygens (including phenoxy) is 4. The highest BCUT2D eigenvalue weighted by atomic mass is 28.3. The number of hydrogen-bond donors (Lipinski definition) is 1. The first kappa shape index (κ1) is 28.6. The number of carbonyl (C=O) groups excluding carboxylic acids is 1. The zero-order valence-electron chi connectivity index (χ0n) is 22.7. The predicted molar refractivity (Wildman–Crippen MR) is 139 cm³/mol.